The van der Waals surface area contributed by atoms with E-state index in [1.165, 1.54) is 22.3 Å². The summed E-state index contributed by atoms with van der Waals surface area (Å²) in [6.45, 7) is 2.31. The topological polar surface area (TPSA) is 119 Å². The molecule has 3 heterocycles. The second kappa shape index (κ2) is 5.80. The summed E-state index contributed by atoms with van der Waals surface area (Å²) in [5, 5.41) is 15.6. The van der Waals surface area contributed by atoms with Crippen molar-refractivity contribution in [3.8, 4) is 0 Å². The van der Waals surface area contributed by atoms with E-state index in [9.17, 15) is 19.7 Å². The third kappa shape index (κ3) is 3.06. The van der Waals surface area contributed by atoms with Crippen molar-refractivity contribution in [2.75, 3.05) is 18.4 Å². The Kier molecular flexibility index (Phi) is 3.82. The van der Waals surface area contributed by atoms with Gasteiger partial charge in [0.05, 0.1) is 17.7 Å². The van der Waals surface area contributed by atoms with Crippen molar-refractivity contribution in [3.63, 3.8) is 0 Å². The molecule has 1 aliphatic rings. The summed E-state index contributed by atoms with van der Waals surface area (Å²) in [7, 11) is 0. The quantitative estimate of drug-likeness (QED) is 0.670. The van der Waals surface area contributed by atoms with E-state index in [1.54, 1.807) is 0 Å². The summed E-state index contributed by atoms with van der Waals surface area (Å²) >= 11 is 1.34. The lowest BCUT2D eigenvalue weighted by Gasteiger charge is -2.37. The number of thiazole rings is 1. The number of carbonyl (C=O) groups is 2. The summed E-state index contributed by atoms with van der Waals surface area (Å²) in [5.41, 5.74) is 0.829. The molecular weight excluding hydrogens is 324 g/mol. The maximum absolute atomic E-state index is 12.1. The molecule has 0 bridgehead atoms. The van der Waals surface area contributed by atoms with Crippen molar-refractivity contribution in [3.05, 3.63) is 39.1 Å². The van der Waals surface area contributed by atoms with Crippen molar-refractivity contribution in [1.82, 2.24) is 9.88 Å². The smallest absolute Gasteiger partial charge is 0.395 e. The minimum Gasteiger partial charge on any atom is -0.395 e. The molecule has 0 atom stereocenters. The Hall–Kier alpha value is -2.75. The van der Waals surface area contributed by atoms with Crippen LogP contribution in [0, 0.1) is 23.0 Å². The summed E-state index contributed by atoms with van der Waals surface area (Å²) in [6, 6.07) is 2.38. The zero-order chi connectivity index (χ0) is 16.6. The number of nitrogens with zero attached hydrogens (tertiary/aromatic N) is 3. The molecule has 1 N–H and O–H groups in total. The highest BCUT2D eigenvalue weighted by atomic mass is 32.1. The highest BCUT2D eigenvalue weighted by Gasteiger charge is 2.37. The molecule has 0 spiro atoms. The van der Waals surface area contributed by atoms with Crippen LogP contribution in [0.15, 0.2) is 21.9 Å². The predicted octanol–water partition coefficient (Wildman–Crippen LogP) is 1.66. The SMILES string of the molecule is Cc1csc(NC(=O)C2CN(C(=O)c3ccc([N+](=O)[O-])o3)C2)n1. The minimum absolute atomic E-state index is 0.105. The zero-order valence-corrected chi connectivity index (χ0v) is 12.8. The van der Waals surface area contributed by atoms with Crippen molar-refractivity contribution < 1.29 is 18.9 Å². The maximum atomic E-state index is 12.1. The lowest BCUT2D eigenvalue weighted by atomic mass is 9.99. The monoisotopic (exact) mass is 336 g/mol. The highest BCUT2D eigenvalue weighted by Crippen LogP contribution is 2.24. The number of hydrogen-bond donors (Lipinski definition) is 1. The lowest BCUT2D eigenvalue weighted by Crippen LogP contribution is -2.54. The predicted molar refractivity (Wildman–Crippen MR) is 80.2 cm³/mol. The number of likely N-dealkylation sites (tertiary alicyclic amines) is 1. The number of amides is 2. The number of nitro groups is 1. The van der Waals surface area contributed by atoms with Gasteiger partial charge in [-0.1, -0.05) is 0 Å². The number of anilines is 1. The van der Waals surface area contributed by atoms with Crippen LogP contribution in [0.25, 0.3) is 0 Å². The third-order valence-corrected chi connectivity index (χ3v) is 4.25. The van der Waals surface area contributed by atoms with Gasteiger partial charge in [0.1, 0.15) is 4.92 Å². The summed E-state index contributed by atoms with van der Waals surface area (Å²) < 4.78 is 4.86. The fraction of sp³-hybridized carbons (Fsp3) is 0.308. The first-order valence-corrected chi connectivity index (χ1v) is 7.58. The molecular formula is C13H12N4O5S. The molecule has 9 nitrogen and oxygen atoms in total. The first-order chi connectivity index (χ1) is 10.9. The standard InChI is InChI=1S/C13H12N4O5S/c1-7-6-23-13(14-7)15-11(18)8-4-16(5-8)12(19)9-2-3-10(22-9)17(20)21/h2-3,6,8H,4-5H2,1H3,(H,14,15,18). The fourth-order valence-electron chi connectivity index (χ4n) is 2.13. The van der Waals surface area contributed by atoms with Crippen LogP contribution in [0.3, 0.4) is 0 Å². The highest BCUT2D eigenvalue weighted by molar-refractivity contribution is 7.13. The Morgan fingerprint density at radius 1 is 1.48 bits per heavy atom. The van der Waals surface area contributed by atoms with Crippen LogP contribution in [-0.2, 0) is 4.79 Å². The third-order valence-electron chi connectivity index (χ3n) is 3.37. The van der Waals surface area contributed by atoms with Crippen LogP contribution in [0.5, 0.6) is 0 Å². The summed E-state index contributed by atoms with van der Waals surface area (Å²) in [4.78, 5) is 39.4. The molecule has 0 radical (unpaired) electrons. The molecule has 0 saturated carbocycles. The Labute approximate surface area is 134 Å². The lowest BCUT2D eigenvalue weighted by molar-refractivity contribution is -0.402. The van der Waals surface area contributed by atoms with Crippen molar-refractivity contribution >= 4 is 34.2 Å². The first-order valence-electron chi connectivity index (χ1n) is 6.70. The van der Waals surface area contributed by atoms with Crippen LogP contribution in [0.2, 0.25) is 0 Å². The largest absolute Gasteiger partial charge is 0.433 e. The van der Waals surface area contributed by atoms with E-state index in [1.807, 2.05) is 12.3 Å². The first kappa shape index (κ1) is 15.2. The number of rotatable bonds is 4. The summed E-state index contributed by atoms with van der Waals surface area (Å²) in [6.07, 6.45) is 0. The maximum Gasteiger partial charge on any atom is 0.433 e. The van der Waals surface area contributed by atoms with Crippen molar-refractivity contribution in [2.24, 2.45) is 5.92 Å². The van der Waals surface area contributed by atoms with Gasteiger partial charge in [-0.05, 0) is 13.0 Å². The van der Waals surface area contributed by atoms with Gasteiger partial charge in [0.25, 0.3) is 5.91 Å². The zero-order valence-electron chi connectivity index (χ0n) is 12.0. The molecule has 1 saturated heterocycles. The fourth-order valence-corrected chi connectivity index (χ4v) is 2.82. The Morgan fingerprint density at radius 2 is 2.22 bits per heavy atom. The number of carbonyl (C=O) groups excluding carboxylic acids is 2. The molecule has 10 heteroatoms. The van der Waals surface area contributed by atoms with Gasteiger partial charge in [0, 0.05) is 18.5 Å². The van der Waals surface area contributed by atoms with Gasteiger partial charge < -0.3 is 14.6 Å². The molecule has 0 aromatic carbocycles. The second-order valence-electron chi connectivity index (χ2n) is 5.09. The van der Waals surface area contributed by atoms with Crippen molar-refractivity contribution in [2.45, 2.75) is 6.92 Å². The molecule has 1 fully saturated rings. The Bertz CT molecular complexity index is 777. The van der Waals surface area contributed by atoms with E-state index in [2.05, 4.69) is 10.3 Å². The molecule has 120 valence electrons. The van der Waals surface area contributed by atoms with Crippen LogP contribution >= 0.6 is 11.3 Å². The molecule has 3 rings (SSSR count). The molecule has 2 amide bonds. The average molecular weight is 336 g/mol. The van der Waals surface area contributed by atoms with Crippen LogP contribution in [0.1, 0.15) is 16.2 Å². The van der Waals surface area contributed by atoms with Crippen molar-refractivity contribution in [1.29, 1.82) is 0 Å². The molecule has 0 unspecified atom stereocenters. The van der Waals surface area contributed by atoms with Gasteiger partial charge in [-0.3, -0.25) is 19.7 Å². The number of aromatic nitrogens is 1. The second-order valence-corrected chi connectivity index (χ2v) is 5.94. The number of furan rings is 1. The molecule has 2 aromatic heterocycles. The molecule has 23 heavy (non-hydrogen) atoms. The van der Waals surface area contributed by atoms with E-state index >= 15 is 0 Å². The van der Waals surface area contributed by atoms with E-state index in [4.69, 9.17) is 4.42 Å². The average Bonchev–Trinajstić information content (AvgIpc) is 3.06. The van der Waals surface area contributed by atoms with Gasteiger partial charge in [0.2, 0.25) is 5.91 Å². The van der Waals surface area contributed by atoms with E-state index in [-0.39, 0.29) is 30.7 Å². The molecule has 0 aliphatic carbocycles. The normalized spacial score (nSPS) is 14.4. The van der Waals surface area contributed by atoms with Gasteiger partial charge in [-0.2, -0.15) is 0 Å². The van der Waals surface area contributed by atoms with Crippen LogP contribution in [0.4, 0.5) is 11.0 Å². The summed E-state index contributed by atoms with van der Waals surface area (Å²) in [5.74, 6) is -1.58. The molecule has 1 aliphatic heterocycles. The van der Waals surface area contributed by atoms with Gasteiger partial charge in [-0.15, -0.1) is 11.3 Å². The van der Waals surface area contributed by atoms with Crippen LogP contribution in [-0.4, -0.2) is 39.7 Å². The molecule has 2 aromatic rings. The number of aryl methyl sites for hydroxylation is 1. The van der Waals surface area contributed by atoms with Gasteiger partial charge in [-0.25, -0.2) is 4.98 Å². The number of nitrogens with one attached hydrogen (secondary N) is 1. The van der Waals surface area contributed by atoms with E-state index in [0.29, 0.717) is 5.13 Å². The Morgan fingerprint density at radius 3 is 2.78 bits per heavy atom. The van der Waals surface area contributed by atoms with Gasteiger partial charge >= 0.3 is 5.88 Å². The van der Waals surface area contributed by atoms with Crippen LogP contribution < -0.4 is 5.32 Å². The number of hydrogen-bond acceptors (Lipinski definition) is 7. The Balaban J connectivity index is 1.54. The van der Waals surface area contributed by atoms with E-state index in [0.717, 1.165) is 11.8 Å². The van der Waals surface area contributed by atoms with Gasteiger partial charge in [0.15, 0.2) is 10.9 Å². The minimum atomic E-state index is -0.709. The van der Waals surface area contributed by atoms with E-state index < -0.39 is 16.7 Å².